The van der Waals surface area contributed by atoms with Crippen LogP contribution < -0.4 is 10.5 Å². The Bertz CT molecular complexity index is 522. The van der Waals surface area contributed by atoms with Gasteiger partial charge in [0.05, 0.1) is 22.3 Å². The molecule has 0 amide bonds. The van der Waals surface area contributed by atoms with Gasteiger partial charge in [0.1, 0.15) is 15.7 Å². The van der Waals surface area contributed by atoms with Crippen molar-refractivity contribution >= 4 is 25.7 Å². The fourth-order valence-electron chi connectivity index (χ4n) is 1.67. The lowest BCUT2D eigenvalue weighted by molar-refractivity contribution is 0.516. The molecule has 9 heteroatoms. The summed E-state index contributed by atoms with van der Waals surface area (Å²) >= 11 is 0. The van der Waals surface area contributed by atoms with Gasteiger partial charge in [0.2, 0.25) is 10.0 Å². The van der Waals surface area contributed by atoms with E-state index in [1.165, 1.54) is 13.8 Å². The van der Waals surface area contributed by atoms with E-state index in [9.17, 15) is 16.8 Å². The Balaban J connectivity index is 2.81. The minimum Gasteiger partial charge on any atom is -0.386 e. The van der Waals surface area contributed by atoms with Crippen molar-refractivity contribution in [3.8, 4) is 0 Å². The molecule has 1 aliphatic rings. The van der Waals surface area contributed by atoms with Gasteiger partial charge < -0.3 is 5.73 Å². The van der Waals surface area contributed by atoms with Crippen LogP contribution in [0, 0.1) is 5.41 Å². The molecular weight excluding hydrogens is 278 g/mol. The highest BCUT2D eigenvalue weighted by Gasteiger charge is 2.36. The van der Waals surface area contributed by atoms with Crippen LogP contribution in [-0.2, 0) is 19.9 Å². The van der Waals surface area contributed by atoms with Crippen molar-refractivity contribution in [2.24, 2.45) is 5.73 Å². The summed E-state index contributed by atoms with van der Waals surface area (Å²) in [6.07, 6.45) is 0.178. The first kappa shape index (κ1) is 15.4. The number of nitrogens with one attached hydrogen (secondary N) is 2. The highest BCUT2D eigenvalue weighted by molar-refractivity contribution is 7.92. The van der Waals surface area contributed by atoms with Crippen molar-refractivity contribution in [3.05, 3.63) is 0 Å². The Morgan fingerprint density at radius 1 is 1.33 bits per heavy atom. The smallest absolute Gasteiger partial charge is 0.215 e. The molecule has 0 aliphatic carbocycles. The third-order valence-electron chi connectivity index (χ3n) is 3.01. The molecular formula is C9H19N3O4S2. The minimum atomic E-state index is -3.67. The van der Waals surface area contributed by atoms with Gasteiger partial charge in [0, 0.05) is 0 Å². The molecule has 0 bridgehead atoms. The fourth-order valence-corrected chi connectivity index (χ4v) is 5.31. The first-order valence-electron chi connectivity index (χ1n) is 5.54. The molecule has 1 rings (SSSR count). The molecule has 0 saturated carbocycles. The summed E-state index contributed by atoms with van der Waals surface area (Å²) in [7, 11) is -6.77. The van der Waals surface area contributed by atoms with Gasteiger partial charge >= 0.3 is 0 Å². The van der Waals surface area contributed by atoms with E-state index in [1.807, 2.05) is 0 Å². The summed E-state index contributed by atoms with van der Waals surface area (Å²) in [5, 5.41) is 6.57. The minimum absolute atomic E-state index is 0.0889. The van der Waals surface area contributed by atoms with E-state index in [0.29, 0.717) is 0 Å². The lowest BCUT2D eigenvalue weighted by Gasteiger charge is -2.29. The predicted octanol–water partition coefficient (Wildman–Crippen LogP) is -0.802. The summed E-state index contributed by atoms with van der Waals surface area (Å²) in [5.41, 5.74) is 4.15. The largest absolute Gasteiger partial charge is 0.386 e. The van der Waals surface area contributed by atoms with Gasteiger partial charge in [-0.3, -0.25) is 5.41 Å². The van der Waals surface area contributed by atoms with Gasteiger partial charge in [0.25, 0.3) is 0 Å². The maximum absolute atomic E-state index is 12.1. The highest BCUT2D eigenvalue weighted by atomic mass is 32.2. The Labute approximate surface area is 108 Å². The van der Waals surface area contributed by atoms with E-state index in [4.69, 9.17) is 11.1 Å². The van der Waals surface area contributed by atoms with Crippen molar-refractivity contribution in [1.29, 1.82) is 5.41 Å². The van der Waals surface area contributed by atoms with Crippen LogP contribution in [0.3, 0.4) is 0 Å². The molecule has 0 atom stereocenters. The van der Waals surface area contributed by atoms with Crippen LogP contribution in [0.15, 0.2) is 0 Å². The van der Waals surface area contributed by atoms with Gasteiger partial charge in [-0.25, -0.2) is 21.6 Å². The van der Waals surface area contributed by atoms with Crippen molar-refractivity contribution in [2.45, 2.75) is 37.5 Å². The molecule has 18 heavy (non-hydrogen) atoms. The van der Waals surface area contributed by atoms with E-state index in [2.05, 4.69) is 4.72 Å². The molecule has 0 radical (unpaired) electrons. The van der Waals surface area contributed by atoms with Gasteiger partial charge in [-0.1, -0.05) is 0 Å². The molecule has 0 aromatic heterocycles. The number of sulfone groups is 1. The van der Waals surface area contributed by atoms with E-state index in [-0.39, 0.29) is 30.2 Å². The summed E-state index contributed by atoms with van der Waals surface area (Å²) in [5.74, 6) is -0.507. The molecule has 0 aromatic rings. The number of amidine groups is 1. The molecule has 0 spiro atoms. The van der Waals surface area contributed by atoms with Crippen LogP contribution in [0.1, 0.15) is 26.7 Å². The second-order valence-electron chi connectivity index (χ2n) is 5.04. The molecule has 0 aromatic carbocycles. The van der Waals surface area contributed by atoms with Gasteiger partial charge in [-0.2, -0.15) is 0 Å². The summed E-state index contributed by atoms with van der Waals surface area (Å²) in [6, 6.07) is 0. The zero-order chi connectivity index (χ0) is 14.2. The molecule has 7 nitrogen and oxygen atoms in total. The summed E-state index contributed by atoms with van der Waals surface area (Å²) < 4.78 is 49.0. The van der Waals surface area contributed by atoms with Crippen molar-refractivity contribution in [2.75, 3.05) is 11.5 Å². The number of hydrogen-bond acceptors (Lipinski definition) is 5. The number of rotatable bonds is 4. The maximum atomic E-state index is 12.1. The first-order chi connectivity index (χ1) is 7.96. The topological polar surface area (TPSA) is 130 Å². The van der Waals surface area contributed by atoms with Crippen molar-refractivity contribution in [3.63, 3.8) is 0 Å². The Hall–Kier alpha value is -0.670. The molecule has 1 aliphatic heterocycles. The van der Waals surface area contributed by atoms with Crippen LogP contribution in [-0.4, -0.2) is 45.0 Å². The van der Waals surface area contributed by atoms with Gasteiger partial charge in [0.15, 0.2) is 0 Å². The third kappa shape index (κ3) is 3.66. The van der Waals surface area contributed by atoms with Crippen molar-refractivity contribution < 1.29 is 16.8 Å². The molecule has 106 valence electrons. The predicted molar refractivity (Wildman–Crippen MR) is 69.7 cm³/mol. The molecule has 4 N–H and O–H groups in total. The lowest BCUT2D eigenvalue weighted by atomic mass is 10.1. The maximum Gasteiger partial charge on any atom is 0.215 e. The van der Waals surface area contributed by atoms with E-state index >= 15 is 0 Å². The Kier molecular flexibility index (Phi) is 4.09. The monoisotopic (exact) mass is 297 g/mol. The van der Waals surface area contributed by atoms with E-state index in [1.54, 1.807) is 0 Å². The standard InChI is InChI=1S/C9H19N3O4S2/c1-9(2,8(10)11)12-18(15,16)7-3-5-17(13,14)6-4-7/h7,12H,3-6H2,1-2H3,(H3,10,11). The van der Waals surface area contributed by atoms with Crippen LogP contribution >= 0.6 is 0 Å². The highest BCUT2D eigenvalue weighted by Crippen LogP contribution is 2.20. The van der Waals surface area contributed by atoms with E-state index in [0.717, 1.165) is 0 Å². The van der Waals surface area contributed by atoms with Crippen LogP contribution in [0.5, 0.6) is 0 Å². The average Bonchev–Trinajstić information content (AvgIpc) is 2.14. The lowest BCUT2D eigenvalue weighted by Crippen LogP contribution is -2.55. The zero-order valence-electron chi connectivity index (χ0n) is 10.4. The van der Waals surface area contributed by atoms with Crippen LogP contribution in [0.4, 0.5) is 0 Å². The molecule has 1 saturated heterocycles. The number of nitrogens with two attached hydrogens (primary N) is 1. The summed E-state index contributed by atoms with van der Waals surface area (Å²) in [6.45, 7) is 2.99. The van der Waals surface area contributed by atoms with E-state index < -0.39 is 30.6 Å². The average molecular weight is 297 g/mol. The summed E-state index contributed by atoms with van der Waals surface area (Å²) in [4.78, 5) is 0. The molecule has 0 unspecified atom stereocenters. The SMILES string of the molecule is CC(C)(NS(=O)(=O)C1CCS(=O)(=O)CC1)C(=N)N. The molecule has 1 heterocycles. The van der Waals surface area contributed by atoms with Crippen molar-refractivity contribution in [1.82, 2.24) is 4.72 Å². The second kappa shape index (κ2) is 4.78. The fraction of sp³-hybridized carbons (Fsp3) is 0.889. The molecule has 1 fully saturated rings. The van der Waals surface area contributed by atoms with Crippen LogP contribution in [0.25, 0.3) is 0 Å². The quantitative estimate of drug-likeness (QED) is 0.462. The Morgan fingerprint density at radius 3 is 2.17 bits per heavy atom. The number of sulfonamides is 1. The Morgan fingerprint density at radius 2 is 1.78 bits per heavy atom. The normalized spacial score (nSPS) is 21.7. The van der Waals surface area contributed by atoms with Gasteiger partial charge in [-0.05, 0) is 26.7 Å². The number of hydrogen-bond donors (Lipinski definition) is 3. The first-order valence-corrected chi connectivity index (χ1v) is 8.91. The second-order valence-corrected chi connectivity index (χ2v) is 9.30. The van der Waals surface area contributed by atoms with Gasteiger partial charge in [-0.15, -0.1) is 0 Å². The zero-order valence-corrected chi connectivity index (χ0v) is 12.1. The third-order valence-corrected chi connectivity index (χ3v) is 6.87. The van der Waals surface area contributed by atoms with Crippen LogP contribution in [0.2, 0.25) is 0 Å².